The van der Waals surface area contributed by atoms with Crippen LogP contribution in [0.2, 0.25) is 0 Å². The van der Waals surface area contributed by atoms with Gasteiger partial charge in [0.25, 0.3) is 0 Å². The maximum Gasteiger partial charge on any atom is -0.000809 e. The molecule has 0 aliphatic carbocycles. The van der Waals surface area contributed by atoms with E-state index in [0.29, 0.717) is 5.25 Å². The Balaban J connectivity index is 2.81. The molecular weight excluding hydrogens is 106 g/mol. The van der Waals surface area contributed by atoms with Crippen LogP contribution in [0.3, 0.4) is 0 Å². The van der Waals surface area contributed by atoms with Crippen molar-refractivity contribution in [3.63, 3.8) is 0 Å². The van der Waals surface area contributed by atoms with Gasteiger partial charge >= 0.3 is 0 Å². The molecular formula is C5H11NS. The number of hydrogen-bond donors (Lipinski definition) is 2. The zero-order valence-corrected chi connectivity index (χ0v) is 5.41. The van der Waals surface area contributed by atoms with E-state index in [1.807, 2.05) is 6.92 Å². The third-order valence-electron chi connectivity index (χ3n) is 0.729. The SMILES string of the molecule is CC(S)CCC=N. The van der Waals surface area contributed by atoms with E-state index in [9.17, 15) is 0 Å². The van der Waals surface area contributed by atoms with Gasteiger partial charge in [-0.25, -0.2) is 0 Å². The average Bonchev–Trinajstić information content (AvgIpc) is 1.61. The Morgan fingerprint density at radius 1 is 1.86 bits per heavy atom. The highest BCUT2D eigenvalue weighted by atomic mass is 32.1. The Labute approximate surface area is 50.0 Å². The van der Waals surface area contributed by atoms with E-state index in [-0.39, 0.29) is 0 Å². The van der Waals surface area contributed by atoms with Gasteiger partial charge < -0.3 is 5.41 Å². The van der Waals surface area contributed by atoms with Gasteiger partial charge in [0.05, 0.1) is 0 Å². The smallest absolute Gasteiger partial charge is 0.000809 e. The van der Waals surface area contributed by atoms with Crippen LogP contribution in [-0.4, -0.2) is 11.5 Å². The van der Waals surface area contributed by atoms with Crippen LogP contribution in [0.1, 0.15) is 19.8 Å². The Hall–Kier alpha value is 0.0200. The molecule has 0 saturated carbocycles. The molecule has 1 atom stereocenters. The monoisotopic (exact) mass is 117 g/mol. The fourth-order valence-corrected chi connectivity index (χ4v) is 0.474. The normalized spacial score (nSPS) is 13.4. The van der Waals surface area contributed by atoms with Crippen LogP contribution in [0.4, 0.5) is 0 Å². The van der Waals surface area contributed by atoms with Crippen molar-refractivity contribution in [1.29, 1.82) is 5.41 Å². The van der Waals surface area contributed by atoms with Gasteiger partial charge in [-0.2, -0.15) is 12.6 Å². The summed E-state index contributed by atoms with van der Waals surface area (Å²) in [5, 5.41) is 7.08. The van der Waals surface area contributed by atoms with Crippen LogP contribution in [-0.2, 0) is 0 Å². The van der Waals surface area contributed by atoms with Crippen molar-refractivity contribution >= 4 is 18.8 Å². The third-order valence-corrected chi connectivity index (χ3v) is 0.987. The molecule has 0 saturated heterocycles. The lowest BCUT2D eigenvalue weighted by molar-refractivity contribution is 0.865. The van der Waals surface area contributed by atoms with Gasteiger partial charge in [-0.1, -0.05) is 6.92 Å². The molecule has 0 spiro atoms. The first-order valence-electron chi connectivity index (χ1n) is 2.44. The molecule has 1 N–H and O–H groups in total. The maximum absolute atomic E-state index is 6.64. The second-order valence-electron chi connectivity index (χ2n) is 1.63. The molecule has 1 nitrogen and oxygen atoms in total. The minimum Gasteiger partial charge on any atom is -0.313 e. The molecule has 0 heterocycles. The summed E-state index contributed by atoms with van der Waals surface area (Å²) in [7, 11) is 0. The lowest BCUT2D eigenvalue weighted by Crippen LogP contribution is -1.89. The minimum atomic E-state index is 0.446. The molecule has 2 heteroatoms. The Kier molecular flexibility index (Phi) is 4.20. The van der Waals surface area contributed by atoms with Gasteiger partial charge in [-0.15, -0.1) is 0 Å². The Morgan fingerprint density at radius 3 is 2.57 bits per heavy atom. The van der Waals surface area contributed by atoms with Gasteiger partial charge in [0, 0.05) is 0 Å². The second kappa shape index (κ2) is 4.19. The average molecular weight is 117 g/mol. The molecule has 0 aromatic heterocycles. The number of nitrogens with one attached hydrogen (secondary N) is 1. The molecule has 0 fully saturated rings. The highest BCUT2D eigenvalue weighted by Crippen LogP contribution is 1.99. The molecule has 7 heavy (non-hydrogen) atoms. The standard InChI is InChI=1S/C5H11NS/c1-5(7)3-2-4-6/h4-7H,2-3H2,1H3. The molecule has 1 unspecified atom stereocenters. The van der Waals surface area contributed by atoms with Crippen LogP contribution in [0, 0.1) is 5.41 Å². The summed E-state index contributed by atoms with van der Waals surface area (Å²) in [4.78, 5) is 0. The summed E-state index contributed by atoms with van der Waals surface area (Å²) >= 11 is 4.13. The lowest BCUT2D eigenvalue weighted by atomic mass is 10.3. The summed E-state index contributed by atoms with van der Waals surface area (Å²) < 4.78 is 0. The third kappa shape index (κ3) is 6.02. The molecule has 42 valence electrons. The van der Waals surface area contributed by atoms with Crippen molar-refractivity contribution in [3.8, 4) is 0 Å². The fraction of sp³-hybridized carbons (Fsp3) is 0.800. The fourth-order valence-electron chi connectivity index (χ4n) is 0.325. The van der Waals surface area contributed by atoms with Crippen LogP contribution >= 0.6 is 12.6 Å². The summed E-state index contributed by atoms with van der Waals surface area (Å²) in [6.07, 6.45) is 3.31. The Bertz CT molecular complexity index is 52.0. The van der Waals surface area contributed by atoms with Crippen molar-refractivity contribution in [2.75, 3.05) is 0 Å². The molecule has 0 amide bonds. The quantitative estimate of drug-likeness (QED) is 0.415. The van der Waals surface area contributed by atoms with E-state index in [1.54, 1.807) is 0 Å². The maximum atomic E-state index is 6.64. The predicted molar refractivity (Wildman–Crippen MR) is 36.5 cm³/mol. The number of hydrogen-bond acceptors (Lipinski definition) is 2. The lowest BCUT2D eigenvalue weighted by Gasteiger charge is -1.95. The largest absolute Gasteiger partial charge is 0.313 e. The molecule has 0 radical (unpaired) electrons. The van der Waals surface area contributed by atoms with Crippen molar-refractivity contribution in [1.82, 2.24) is 0 Å². The topological polar surface area (TPSA) is 23.9 Å². The van der Waals surface area contributed by atoms with E-state index in [1.165, 1.54) is 6.21 Å². The first-order valence-corrected chi connectivity index (χ1v) is 2.96. The summed E-state index contributed by atoms with van der Waals surface area (Å²) in [6, 6.07) is 0. The second-order valence-corrected chi connectivity index (χ2v) is 2.51. The van der Waals surface area contributed by atoms with E-state index >= 15 is 0 Å². The first kappa shape index (κ1) is 7.02. The highest BCUT2D eigenvalue weighted by molar-refractivity contribution is 7.80. The molecule has 0 rings (SSSR count). The summed E-state index contributed by atoms with van der Waals surface area (Å²) in [5.74, 6) is 0. The van der Waals surface area contributed by atoms with Crippen molar-refractivity contribution < 1.29 is 0 Å². The summed E-state index contributed by atoms with van der Waals surface area (Å²) in [5.41, 5.74) is 0. The van der Waals surface area contributed by atoms with E-state index in [4.69, 9.17) is 5.41 Å². The van der Waals surface area contributed by atoms with E-state index in [0.717, 1.165) is 12.8 Å². The Morgan fingerprint density at radius 2 is 2.43 bits per heavy atom. The van der Waals surface area contributed by atoms with Gasteiger partial charge in [0.1, 0.15) is 0 Å². The van der Waals surface area contributed by atoms with Crippen molar-refractivity contribution in [2.24, 2.45) is 0 Å². The molecule has 0 aliphatic rings. The van der Waals surface area contributed by atoms with Gasteiger partial charge in [-0.3, -0.25) is 0 Å². The van der Waals surface area contributed by atoms with E-state index < -0.39 is 0 Å². The zero-order valence-electron chi connectivity index (χ0n) is 4.52. The van der Waals surface area contributed by atoms with Crippen LogP contribution in [0.25, 0.3) is 0 Å². The molecule has 0 aromatic rings. The first-order chi connectivity index (χ1) is 3.27. The van der Waals surface area contributed by atoms with Crippen LogP contribution < -0.4 is 0 Å². The number of rotatable bonds is 3. The van der Waals surface area contributed by atoms with Crippen LogP contribution in [0.15, 0.2) is 0 Å². The van der Waals surface area contributed by atoms with E-state index in [2.05, 4.69) is 12.6 Å². The van der Waals surface area contributed by atoms with Gasteiger partial charge in [-0.05, 0) is 24.3 Å². The zero-order chi connectivity index (χ0) is 5.70. The highest BCUT2D eigenvalue weighted by Gasteiger charge is 1.88. The van der Waals surface area contributed by atoms with Crippen molar-refractivity contribution in [2.45, 2.75) is 25.0 Å². The molecule has 0 aromatic carbocycles. The predicted octanol–water partition coefficient (Wildman–Crippen LogP) is 1.73. The molecule has 0 aliphatic heterocycles. The summed E-state index contributed by atoms with van der Waals surface area (Å²) in [6.45, 7) is 2.03. The van der Waals surface area contributed by atoms with Crippen LogP contribution in [0.5, 0.6) is 0 Å². The van der Waals surface area contributed by atoms with Crippen molar-refractivity contribution in [3.05, 3.63) is 0 Å². The van der Waals surface area contributed by atoms with Gasteiger partial charge in [0.15, 0.2) is 0 Å². The molecule has 0 bridgehead atoms. The number of thiol groups is 1. The minimum absolute atomic E-state index is 0.446. The van der Waals surface area contributed by atoms with Gasteiger partial charge in [0.2, 0.25) is 0 Å².